The van der Waals surface area contributed by atoms with Crippen LogP contribution in [0.3, 0.4) is 0 Å². The first kappa shape index (κ1) is 7.52. The van der Waals surface area contributed by atoms with Crippen molar-refractivity contribution in [1.29, 1.82) is 0 Å². The topological polar surface area (TPSA) is 12.5 Å². The molecule has 1 heterocycles. The number of fused-ring (bicyclic) bond motifs is 1. The second kappa shape index (κ2) is 3.08. The summed E-state index contributed by atoms with van der Waals surface area (Å²) in [4.78, 5) is 5.32. The Bertz CT molecular complexity index is 264. The summed E-state index contributed by atoms with van der Waals surface area (Å²) in [5.41, 5.74) is 2.67. The van der Waals surface area contributed by atoms with Crippen LogP contribution in [0.2, 0.25) is 0 Å². The summed E-state index contributed by atoms with van der Waals surface area (Å²) in [5, 5.41) is 0. The lowest BCUT2D eigenvalue weighted by molar-refractivity contribution is -0.0862. The third-order valence-corrected chi connectivity index (χ3v) is 2.39. The van der Waals surface area contributed by atoms with Gasteiger partial charge in [-0.1, -0.05) is 24.3 Å². The van der Waals surface area contributed by atoms with Crippen LogP contribution < -0.4 is 0 Å². The quantitative estimate of drug-likeness (QED) is 0.524. The van der Waals surface area contributed by atoms with E-state index in [0.717, 1.165) is 6.54 Å². The standard InChI is InChI=1S/C8H8INO/c9-10-5-7-3-1-2-4-8(7)6-11-10/h1-4H,5-6H2. The van der Waals surface area contributed by atoms with Crippen LogP contribution in [0, 0.1) is 0 Å². The number of nitrogens with zero attached hydrogens (tertiary/aromatic N) is 1. The number of rotatable bonds is 0. The lowest BCUT2D eigenvalue weighted by Gasteiger charge is -2.22. The molecular formula is C8H8INO. The molecule has 0 unspecified atom stereocenters. The Labute approximate surface area is 79.6 Å². The third-order valence-electron chi connectivity index (χ3n) is 1.77. The maximum absolute atomic E-state index is 5.32. The van der Waals surface area contributed by atoms with E-state index in [0.29, 0.717) is 6.61 Å². The minimum atomic E-state index is 0.707. The van der Waals surface area contributed by atoms with Crippen molar-refractivity contribution in [2.45, 2.75) is 13.2 Å². The minimum absolute atomic E-state index is 0.707. The van der Waals surface area contributed by atoms with Gasteiger partial charge in [0.15, 0.2) is 0 Å². The van der Waals surface area contributed by atoms with Gasteiger partial charge in [-0.15, -0.1) is 3.28 Å². The summed E-state index contributed by atoms with van der Waals surface area (Å²) >= 11 is 2.16. The maximum atomic E-state index is 5.32. The van der Waals surface area contributed by atoms with E-state index in [-0.39, 0.29) is 0 Å². The summed E-state index contributed by atoms with van der Waals surface area (Å²) in [6.07, 6.45) is 0. The number of benzene rings is 1. The van der Waals surface area contributed by atoms with Gasteiger partial charge >= 0.3 is 0 Å². The van der Waals surface area contributed by atoms with Crippen LogP contribution in [0.1, 0.15) is 11.1 Å². The van der Waals surface area contributed by atoms with Crippen LogP contribution in [-0.2, 0) is 18.0 Å². The SMILES string of the molecule is IN1Cc2ccccc2CO1. The van der Waals surface area contributed by atoms with Crippen molar-refractivity contribution in [3.05, 3.63) is 35.4 Å². The fraction of sp³-hybridized carbons (Fsp3) is 0.250. The molecule has 0 spiro atoms. The minimum Gasteiger partial charge on any atom is -0.284 e. The van der Waals surface area contributed by atoms with Gasteiger partial charge in [-0.3, -0.25) is 4.84 Å². The molecule has 1 aromatic rings. The molecule has 2 nitrogen and oxygen atoms in total. The number of halogens is 1. The molecular weight excluding hydrogens is 253 g/mol. The van der Waals surface area contributed by atoms with Gasteiger partial charge < -0.3 is 0 Å². The fourth-order valence-corrected chi connectivity index (χ4v) is 1.68. The molecule has 0 amide bonds. The summed E-state index contributed by atoms with van der Waals surface area (Å²) in [5.74, 6) is 0. The average molecular weight is 261 g/mol. The van der Waals surface area contributed by atoms with Crippen molar-refractivity contribution in [3.63, 3.8) is 0 Å². The fourth-order valence-electron chi connectivity index (χ4n) is 1.17. The van der Waals surface area contributed by atoms with E-state index in [4.69, 9.17) is 4.84 Å². The van der Waals surface area contributed by atoms with Gasteiger partial charge in [0.1, 0.15) is 0 Å². The van der Waals surface area contributed by atoms with Gasteiger partial charge in [-0.25, -0.2) is 0 Å². The Hall–Kier alpha value is -0.130. The van der Waals surface area contributed by atoms with Gasteiger partial charge in [-0.2, -0.15) is 0 Å². The highest BCUT2D eigenvalue weighted by Crippen LogP contribution is 2.21. The van der Waals surface area contributed by atoms with Crippen LogP contribution in [0.4, 0.5) is 0 Å². The molecule has 0 bridgehead atoms. The Kier molecular flexibility index (Phi) is 2.11. The van der Waals surface area contributed by atoms with E-state index in [2.05, 4.69) is 41.1 Å². The van der Waals surface area contributed by atoms with Gasteiger partial charge in [0.2, 0.25) is 0 Å². The van der Waals surface area contributed by atoms with Crippen molar-refractivity contribution in [2.75, 3.05) is 0 Å². The average Bonchev–Trinajstić information content (AvgIpc) is 2.04. The van der Waals surface area contributed by atoms with Crippen LogP contribution in [0.25, 0.3) is 0 Å². The van der Waals surface area contributed by atoms with Crippen molar-refractivity contribution in [3.8, 4) is 0 Å². The monoisotopic (exact) mass is 261 g/mol. The highest BCUT2D eigenvalue weighted by molar-refractivity contribution is 14.1. The summed E-state index contributed by atoms with van der Waals surface area (Å²) in [6.45, 7) is 1.59. The lowest BCUT2D eigenvalue weighted by atomic mass is 10.1. The second-order valence-corrected chi connectivity index (χ2v) is 3.59. The van der Waals surface area contributed by atoms with Crippen molar-refractivity contribution < 1.29 is 4.84 Å². The zero-order valence-electron chi connectivity index (χ0n) is 5.96. The molecule has 1 aliphatic heterocycles. The van der Waals surface area contributed by atoms with E-state index in [1.54, 1.807) is 0 Å². The summed E-state index contributed by atoms with van der Waals surface area (Å²) < 4.78 is 1.83. The van der Waals surface area contributed by atoms with Crippen LogP contribution in [-0.4, -0.2) is 3.28 Å². The number of hydroxylamine groups is 1. The smallest absolute Gasteiger partial charge is 0.0948 e. The molecule has 2 rings (SSSR count). The van der Waals surface area contributed by atoms with Gasteiger partial charge in [0.05, 0.1) is 13.2 Å². The van der Waals surface area contributed by atoms with E-state index in [9.17, 15) is 0 Å². The van der Waals surface area contributed by atoms with Gasteiger partial charge in [-0.05, 0) is 11.1 Å². The molecule has 1 aromatic carbocycles. The van der Waals surface area contributed by atoms with Crippen molar-refractivity contribution in [1.82, 2.24) is 3.28 Å². The van der Waals surface area contributed by atoms with Gasteiger partial charge in [0.25, 0.3) is 0 Å². The molecule has 1 aliphatic rings. The summed E-state index contributed by atoms with van der Waals surface area (Å²) in [6, 6.07) is 8.36. The molecule has 0 saturated heterocycles. The lowest BCUT2D eigenvalue weighted by Crippen LogP contribution is -2.18. The number of hydrogen-bond acceptors (Lipinski definition) is 2. The van der Waals surface area contributed by atoms with E-state index in [1.165, 1.54) is 11.1 Å². The molecule has 0 aromatic heterocycles. The van der Waals surface area contributed by atoms with Crippen LogP contribution in [0.5, 0.6) is 0 Å². The first-order valence-electron chi connectivity index (χ1n) is 3.49. The maximum Gasteiger partial charge on any atom is 0.0948 e. The second-order valence-electron chi connectivity index (χ2n) is 2.52. The van der Waals surface area contributed by atoms with Crippen LogP contribution >= 0.6 is 22.9 Å². The Balaban J connectivity index is 2.34. The van der Waals surface area contributed by atoms with Crippen molar-refractivity contribution >= 4 is 22.9 Å². The van der Waals surface area contributed by atoms with E-state index >= 15 is 0 Å². The predicted octanol–water partition coefficient (Wildman–Crippen LogP) is 2.28. The summed E-state index contributed by atoms with van der Waals surface area (Å²) in [7, 11) is 0. The molecule has 0 radical (unpaired) electrons. The molecule has 3 heteroatoms. The number of hydrogen-bond donors (Lipinski definition) is 0. The normalized spacial score (nSPS) is 17.9. The van der Waals surface area contributed by atoms with Gasteiger partial charge in [0, 0.05) is 22.9 Å². The highest BCUT2D eigenvalue weighted by atomic mass is 127. The predicted molar refractivity (Wildman–Crippen MR) is 50.8 cm³/mol. The third kappa shape index (κ3) is 1.55. The Morgan fingerprint density at radius 1 is 1.27 bits per heavy atom. The molecule has 0 aliphatic carbocycles. The largest absolute Gasteiger partial charge is 0.284 e. The first-order chi connectivity index (χ1) is 5.36. The molecule has 0 N–H and O–H groups in total. The molecule has 0 saturated carbocycles. The zero-order valence-corrected chi connectivity index (χ0v) is 8.11. The molecule has 0 atom stereocenters. The Morgan fingerprint density at radius 3 is 2.82 bits per heavy atom. The van der Waals surface area contributed by atoms with Crippen molar-refractivity contribution in [2.24, 2.45) is 0 Å². The highest BCUT2D eigenvalue weighted by Gasteiger charge is 2.12. The first-order valence-corrected chi connectivity index (χ1v) is 4.46. The van der Waals surface area contributed by atoms with E-state index < -0.39 is 0 Å². The van der Waals surface area contributed by atoms with E-state index in [1.807, 2.05) is 9.34 Å². The Morgan fingerprint density at radius 2 is 2.00 bits per heavy atom. The van der Waals surface area contributed by atoms with Crippen LogP contribution in [0.15, 0.2) is 24.3 Å². The molecule has 11 heavy (non-hydrogen) atoms. The zero-order chi connectivity index (χ0) is 7.68. The molecule has 0 fully saturated rings. The molecule has 58 valence electrons.